The number of hydrogen-bond donors (Lipinski definition) is 3. The minimum absolute atomic E-state index is 0.0463. The van der Waals surface area contributed by atoms with Crippen LogP contribution in [0.4, 0.5) is 0 Å². The summed E-state index contributed by atoms with van der Waals surface area (Å²) in [7, 11) is 0. The largest absolute Gasteiger partial charge is 0.391 e. The molecule has 2 aliphatic heterocycles. The summed E-state index contributed by atoms with van der Waals surface area (Å²) in [6, 6.07) is -0.0463. The Balaban J connectivity index is 1.92. The van der Waals surface area contributed by atoms with Crippen LogP contribution in [-0.4, -0.2) is 41.3 Å². The summed E-state index contributed by atoms with van der Waals surface area (Å²) in [5.41, 5.74) is 0. The van der Waals surface area contributed by atoms with Gasteiger partial charge in [-0.05, 0) is 13.0 Å². The van der Waals surface area contributed by atoms with Crippen LogP contribution in [0.25, 0.3) is 0 Å². The first-order chi connectivity index (χ1) is 4.79. The van der Waals surface area contributed by atoms with E-state index in [0.717, 1.165) is 13.0 Å². The molecule has 0 spiro atoms. The minimum atomic E-state index is -0.648. The lowest BCUT2D eigenvalue weighted by Gasteiger charge is -2.09. The van der Waals surface area contributed by atoms with Crippen LogP contribution in [0.5, 0.6) is 0 Å². The van der Waals surface area contributed by atoms with Crippen molar-refractivity contribution in [3.63, 3.8) is 0 Å². The molecule has 0 amide bonds. The Hall–Kier alpha value is -0.160. The summed E-state index contributed by atoms with van der Waals surface area (Å²) in [4.78, 5) is 0. The van der Waals surface area contributed by atoms with Crippen molar-refractivity contribution < 1.29 is 14.9 Å². The third-order valence-electron chi connectivity index (χ3n) is 2.09. The van der Waals surface area contributed by atoms with E-state index in [1.807, 2.05) is 0 Å². The molecule has 4 nitrogen and oxygen atoms in total. The molecular weight excluding hydrogens is 134 g/mol. The molecule has 0 aromatic rings. The van der Waals surface area contributed by atoms with Crippen LogP contribution in [0.15, 0.2) is 0 Å². The average Bonchev–Trinajstić information content (AvgIpc) is 2.42. The zero-order valence-corrected chi connectivity index (χ0v) is 5.53. The molecule has 0 aromatic heterocycles. The topological polar surface area (TPSA) is 65.0 Å². The fourth-order valence-corrected chi connectivity index (χ4v) is 1.43. The number of aliphatic hydroxyl groups excluding tert-OH is 2. The highest BCUT2D eigenvalue weighted by Crippen LogP contribution is 2.27. The van der Waals surface area contributed by atoms with Crippen LogP contribution in [-0.2, 0) is 4.74 Å². The molecule has 0 saturated carbocycles. The summed E-state index contributed by atoms with van der Waals surface area (Å²) < 4.78 is 4.80. The van der Waals surface area contributed by atoms with Gasteiger partial charge in [-0.1, -0.05) is 0 Å². The average molecular weight is 145 g/mol. The Morgan fingerprint density at radius 2 is 2.10 bits per heavy atom. The van der Waals surface area contributed by atoms with Crippen molar-refractivity contribution in [2.75, 3.05) is 6.54 Å². The minimum Gasteiger partial charge on any atom is -0.391 e. The monoisotopic (exact) mass is 145 g/mol. The second kappa shape index (κ2) is 2.17. The van der Waals surface area contributed by atoms with E-state index in [2.05, 4.69) is 5.32 Å². The molecule has 0 bridgehead atoms. The molecule has 2 fully saturated rings. The fraction of sp³-hybridized carbons (Fsp3) is 1.00. The fourth-order valence-electron chi connectivity index (χ4n) is 1.43. The van der Waals surface area contributed by atoms with Crippen molar-refractivity contribution >= 4 is 0 Å². The van der Waals surface area contributed by atoms with Crippen LogP contribution in [0.3, 0.4) is 0 Å². The summed E-state index contributed by atoms with van der Waals surface area (Å²) in [6.45, 7) is 0.818. The maximum atomic E-state index is 9.26. The number of epoxide rings is 1. The van der Waals surface area contributed by atoms with Gasteiger partial charge in [0, 0.05) is 0 Å². The molecule has 0 aliphatic carbocycles. The van der Waals surface area contributed by atoms with E-state index < -0.39 is 6.29 Å². The Bertz CT molecular complexity index is 141. The molecule has 2 rings (SSSR count). The molecule has 2 unspecified atom stereocenters. The second-order valence-corrected chi connectivity index (χ2v) is 2.83. The normalized spacial score (nSPS) is 53.4. The molecule has 58 valence electrons. The van der Waals surface area contributed by atoms with Gasteiger partial charge >= 0.3 is 0 Å². The van der Waals surface area contributed by atoms with E-state index in [0.29, 0.717) is 0 Å². The van der Waals surface area contributed by atoms with Crippen LogP contribution in [0.2, 0.25) is 0 Å². The first kappa shape index (κ1) is 6.54. The maximum Gasteiger partial charge on any atom is 0.183 e. The van der Waals surface area contributed by atoms with Crippen LogP contribution in [0, 0.1) is 0 Å². The number of aliphatic hydroxyl groups is 2. The molecule has 4 heteroatoms. The van der Waals surface area contributed by atoms with E-state index in [1.54, 1.807) is 0 Å². The molecule has 2 heterocycles. The van der Waals surface area contributed by atoms with Crippen LogP contribution in [0.1, 0.15) is 6.42 Å². The van der Waals surface area contributed by atoms with Gasteiger partial charge in [0.25, 0.3) is 0 Å². The summed E-state index contributed by atoms with van der Waals surface area (Å²) in [5.74, 6) is 0. The molecule has 3 N–H and O–H groups in total. The molecule has 0 radical (unpaired) electrons. The highest BCUT2D eigenvalue weighted by molar-refractivity contribution is 4.96. The van der Waals surface area contributed by atoms with Crippen molar-refractivity contribution in [2.45, 2.75) is 31.0 Å². The summed E-state index contributed by atoms with van der Waals surface area (Å²) in [5, 5.41) is 21.2. The highest BCUT2D eigenvalue weighted by atomic mass is 16.7. The van der Waals surface area contributed by atoms with Gasteiger partial charge in [-0.15, -0.1) is 0 Å². The lowest BCUT2D eigenvalue weighted by atomic mass is 10.1. The lowest BCUT2D eigenvalue weighted by molar-refractivity contribution is 0.141. The van der Waals surface area contributed by atoms with Crippen molar-refractivity contribution in [1.29, 1.82) is 0 Å². The predicted octanol–water partition coefficient (Wildman–Crippen LogP) is -1.57. The quantitative estimate of drug-likeness (QED) is 0.390. The molecule has 4 atom stereocenters. The zero-order valence-electron chi connectivity index (χ0n) is 5.53. The number of rotatable bonds is 1. The highest BCUT2D eigenvalue weighted by Gasteiger charge is 2.48. The smallest absolute Gasteiger partial charge is 0.183 e. The van der Waals surface area contributed by atoms with Gasteiger partial charge < -0.3 is 20.3 Å². The third-order valence-corrected chi connectivity index (χ3v) is 2.09. The molecule has 2 saturated heterocycles. The zero-order chi connectivity index (χ0) is 7.14. The van der Waals surface area contributed by atoms with E-state index in [1.165, 1.54) is 0 Å². The molecule has 0 aromatic carbocycles. The Kier molecular flexibility index (Phi) is 1.42. The molecule has 2 aliphatic rings. The SMILES string of the molecule is OC1OC1[C@H]1NCC[C@@H]1O. The predicted molar refractivity (Wildman–Crippen MR) is 33.3 cm³/mol. The Morgan fingerprint density at radius 3 is 2.50 bits per heavy atom. The third kappa shape index (κ3) is 0.932. The van der Waals surface area contributed by atoms with E-state index in [4.69, 9.17) is 9.84 Å². The number of ether oxygens (including phenoxy) is 1. The van der Waals surface area contributed by atoms with Crippen molar-refractivity contribution in [3.05, 3.63) is 0 Å². The van der Waals surface area contributed by atoms with E-state index in [-0.39, 0.29) is 18.2 Å². The van der Waals surface area contributed by atoms with Crippen LogP contribution >= 0.6 is 0 Å². The second-order valence-electron chi connectivity index (χ2n) is 2.83. The van der Waals surface area contributed by atoms with Crippen molar-refractivity contribution in [3.8, 4) is 0 Å². The van der Waals surface area contributed by atoms with Gasteiger partial charge in [0.1, 0.15) is 6.10 Å². The van der Waals surface area contributed by atoms with Crippen LogP contribution < -0.4 is 5.32 Å². The molecular formula is C6H11NO3. The Labute approximate surface area is 58.8 Å². The lowest BCUT2D eigenvalue weighted by Crippen LogP contribution is -2.36. The van der Waals surface area contributed by atoms with Crippen molar-refractivity contribution in [2.24, 2.45) is 0 Å². The maximum absolute atomic E-state index is 9.26. The number of nitrogens with one attached hydrogen (secondary N) is 1. The van der Waals surface area contributed by atoms with Gasteiger partial charge in [0.15, 0.2) is 6.29 Å². The van der Waals surface area contributed by atoms with Crippen molar-refractivity contribution in [1.82, 2.24) is 5.32 Å². The first-order valence-corrected chi connectivity index (χ1v) is 3.54. The van der Waals surface area contributed by atoms with Gasteiger partial charge in [-0.25, -0.2) is 0 Å². The van der Waals surface area contributed by atoms with E-state index >= 15 is 0 Å². The summed E-state index contributed by atoms with van der Waals surface area (Å²) in [6.07, 6.45) is -0.401. The van der Waals surface area contributed by atoms with Gasteiger partial charge in [-0.3, -0.25) is 0 Å². The van der Waals surface area contributed by atoms with Gasteiger partial charge in [0.2, 0.25) is 0 Å². The van der Waals surface area contributed by atoms with Gasteiger partial charge in [0.05, 0.1) is 12.1 Å². The first-order valence-electron chi connectivity index (χ1n) is 3.54. The van der Waals surface area contributed by atoms with E-state index in [9.17, 15) is 5.11 Å². The number of hydrogen-bond acceptors (Lipinski definition) is 4. The standard InChI is InChI=1S/C6H11NO3/c8-3-1-2-7-4(3)5-6(9)10-5/h3-9H,1-2H2/t3-,4-,5?,6?/m0/s1. The van der Waals surface area contributed by atoms with Gasteiger partial charge in [-0.2, -0.15) is 0 Å². The summed E-state index contributed by atoms with van der Waals surface area (Å²) >= 11 is 0. The molecule has 10 heavy (non-hydrogen) atoms. The Morgan fingerprint density at radius 1 is 1.40 bits per heavy atom.